The highest BCUT2D eigenvalue weighted by Gasteiger charge is 2.19. The third-order valence-corrected chi connectivity index (χ3v) is 5.04. The Morgan fingerprint density at radius 3 is 2.42 bits per heavy atom. The van der Waals surface area contributed by atoms with Crippen molar-refractivity contribution in [1.82, 2.24) is 9.88 Å². The maximum absolute atomic E-state index is 14.2. The van der Waals surface area contributed by atoms with Gasteiger partial charge in [0.1, 0.15) is 5.82 Å². The van der Waals surface area contributed by atoms with Gasteiger partial charge in [-0.1, -0.05) is 30.3 Å². The topological polar surface area (TPSA) is 28.6 Å². The van der Waals surface area contributed by atoms with Crippen LogP contribution in [-0.2, 0) is 0 Å². The Morgan fingerprint density at radius 1 is 1.00 bits per heavy atom. The van der Waals surface area contributed by atoms with E-state index in [-0.39, 0.29) is 11.6 Å². The molecule has 0 radical (unpaired) electrons. The van der Waals surface area contributed by atoms with Crippen LogP contribution in [0.25, 0.3) is 21.9 Å². The van der Waals surface area contributed by atoms with Crippen molar-refractivity contribution in [1.29, 1.82) is 0 Å². The minimum Gasteiger partial charge on any atom is -0.494 e. The summed E-state index contributed by atoms with van der Waals surface area (Å²) in [6.07, 6.45) is 1.86. The van der Waals surface area contributed by atoms with Crippen LogP contribution in [0.15, 0.2) is 48.7 Å². The number of pyridine rings is 1. The molecule has 0 unspecified atom stereocenters. The van der Waals surface area contributed by atoms with Gasteiger partial charge in [-0.15, -0.1) is 0 Å². The molecule has 0 atom stereocenters. The first-order chi connectivity index (χ1) is 12.7. The van der Waals surface area contributed by atoms with Crippen LogP contribution in [-0.4, -0.2) is 50.2 Å². The number of hydrogen-bond donors (Lipinski definition) is 0. The van der Waals surface area contributed by atoms with Gasteiger partial charge in [-0.3, -0.25) is 0 Å². The van der Waals surface area contributed by atoms with Gasteiger partial charge in [0.05, 0.1) is 7.11 Å². The van der Waals surface area contributed by atoms with Crippen molar-refractivity contribution < 1.29 is 9.13 Å². The maximum atomic E-state index is 14.2. The lowest BCUT2D eigenvalue weighted by atomic mass is 10.00. The van der Waals surface area contributed by atoms with E-state index in [1.54, 1.807) is 6.07 Å². The Bertz CT molecular complexity index is 936. The average molecular weight is 351 g/mol. The van der Waals surface area contributed by atoms with Gasteiger partial charge in [0.15, 0.2) is 11.6 Å². The molecule has 1 saturated heterocycles. The zero-order valence-electron chi connectivity index (χ0n) is 15.1. The van der Waals surface area contributed by atoms with E-state index in [1.165, 1.54) is 13.2 Å². The van der Waals surface area contributed by atoms with Crippen LogP contribution in [0.5, 0.6) is 5.75 Å². The minimum atomic E-state index is -0.364. The summed E-state index contributed by atoms with van der Waals surface area (Å²) in [7, 11) is 3.62. The second-order valence-electron chi connectivity index (χ2n) is 6.68. The van der Waals surface area contributed by atoms with E-state index in [2.05, 4.69) is 29.0 Å². The molecule has 0 bridgehead atoms. The summed E-state index contributed by atoms with van der Waals surface area (Å²) in [5.74, 6) is 0.892. The summed E-state index contributed by atoms with van der Waals surface area (Å²) in [5.41, 5.74) is 1.73. The number of nitrogens with zero attached hydrogens (tertiary/aromatic N) is 3. The van der Waals surface area contributed by atoms with E-state index in [1.807, 2.05) is 24.4 Å². The van der Waals surface area contributed by atoms with E-state index in [0.717, 1.165) is 53.9 Å². The van der Waals surface area contributed by atoms with Crippen LogP contribution < -0.4 is 9.64 Å². The lowest BCUT2D eigenvalue weighted by molar-refractivity contribution is 0.312. The molecule has 5 heteroatoms. The van der Waals surface area contributed by atoms with Gasteiger partial charge in [0.2, 0.25) is 0 Å². The summed E-state index contributed by atoms with van der Waals surface area (Å²) in [5, 5.41) is 2.19. The highest BCUT2D eigenvalue weighted by molar-refractivity contribution is 6.02. The van der Waals surface area contributed by atoms with Gasteiger partial charge < -0.3 is 14.5 Å². The molecule has 3 aromatic rings. The van der Waals surface area contributed by atoms with Crippen LogP contribution in [0.4, 0.5) is 10.2 Å². The number of fused-ring (bicyclic) bond motifs is 1. The molecule has 134 valence electrons. The molecule has 0 N–H and O–H groups in total. The molecule has 2 heterocycles. The molecule has 0 aliphatic carbocycles. The largest absolute Gasteiger partial charge is 0.494 e. The second kappa shape index (κ2) is 6.92. The average Bonchev–Trinajstić information content (AvgIpc) is 2.68. The predicted molar refractivity (Wildman–Crippen MR) is 103 cm³/mol. The van der Waals surface area contributed by atoms with Gasteiger partial charge in [-0.25, -0.2) is 9.37 Å². The number of aromatic nitrogens is 1. The smallest absolute Gasteiger partial charge is 0.165 e. The molecule has 1 fully saturated rings. The Kier molecular flexibility index (Phi) is 4.47. The van der Waals surface area contributed by atoms with Crippen LogP contribution in [0.3, 0.4) is 0 Å². The van der Waals surface area contributed by atoms with Crippen LogP contribution in [0.1, 0.15) is 0 Å². The molecule has 2 aromatic carbocycles. The molecule has 1 aliphatic heterocycles. The van der Waals surface area contributed by atoms with Crippen molar-refractivity contribution in [2.75, 3.05) is 45.2 Å². The van der Waals surface area contributed by atoms with E-state index in [4.69, 9.17) is 9.72 Å². The van der Waals surface area contributed by atoms with Gasteiger partial charge in [-0.05, 0) is 30.1 Å². The quantitative estimate of drug-likeness (QED) is 0.718. The summed E-state index contributed by atoms with van der Waals surface area (Å²) in [6.45, 7) is 3.98. The summed E-state index contributed by atoms with van der Waals surface area (Å²) in [4.78, 5) is 9.42. The van der Waals surface area contributed by atoms with E-state index >= 15 is 0 Å². The van der Waals surface area contributed by atoms with Crippen molar-refractivity contribution in [3.05, 3.63) is 54.5 Å². The minimum absolute atomic E-state index is 0.250. The fourth-order valence-corrected chi connectivity index (χ4v) is 3.51. The lowest BCUT2D eigenvalue weighted by Gasteiger charge is -2.34. The summed E-state index contributed by atoms with van der Waals surface area (Å²) in [6, 6.07) is 13.3. The first-order valence-corrected chi connectivity index (χ1v) is 8.82. The number of ether oxygens (including phenoxy) is 1. The maximum Gasteiger partial charge on any atom is 0.165 e. The molecule has 1 aliphatic rings. The Labute approximate surface area is 152 Å². The fourth-order valence-electron chi connectivity index (χ4n) is 3.51. The van der Waals surface area contributed by atoms with Crippen LogP contribution >= 0.6 is 0 Å². The van der Waals surface area contributed by atoms with E-state index in [0.29, 0.717) is 0 Å². The summed E-state index contributed by atoms with van der Waals surface area (Å²) >= 11 is 0. The first kappa shape index (κ1) is 16.8. The zero-order valence-corrected chi connectivity index (χ0v) is 15.1. The van der Waals surface area contributed by atoms with Gasteiger partial charge >= 0.3 is 0 Å². The normalized spacial score (nSPS) is 15.4. The standard InChI is InChI=1S/C21H22FN3O/c1-24-9-11-25(12-10-24)21-17-6-4-3-5-16(17)18(14-23-21)15-7-8-20(26-2)19(22)13-15/h3-8,13-14H,9-12H2,1-2H3. The predicted octanol–water partition coefficient (Wildman–Crippen LogP) is 3.80. The summed E-state index contributed by atoms with van der Waals surface area (Å²) < 4.78 is 19.2. The third kappa shape index (κ3) is 2.99. The Balaban J connectivity index is 1.81. The monoisotopic (exact) mass is 351 g/mol. The van der Waals surface area contributed by atoms with Crippen molar-refractivity contribution in [2.45, 2.75) is 0 Å². The van der Waals surface area contributed by atoms with Crippen molar-refractivity contribution in [2.24, 2.45) is 0 Å². The fraction of sp³-hybridized carbons (Fsp3) is 0.286. The third-order valence-electron chi connectivity index (χ3n) is 5.04. The molecule has 4 rings (SSSR count). The number of methoxy groups -OCH3 is 1. The number of rotatable bonds is 3. The molecule has 1 aromatic heterocycles. The van der Waals surface area contributed by atoms with Gasteiger partial charge in [-0.2, -0.15) is 0 Å². The Morgan fingerprint density at radius 2 is 1.73 bits per heavy atom. The number of halogens is 1. The molecule has 4 nitrogen and oxygen atoms in total. The van der Waals surface area contributed by atoms with E-state index < -0.39 is 0 Å². The van der Waals surface area contributed by atoms with Crippen molar-refractivity contribution in [3.63, 3.8) is 0 Å². The van der Waals surface area contributed by atoms with E-state index in [9.17, 15) is 4.39 Å². The lowest BCUT2D eigenvalue weighted by Crippen LogP contribution is -2.44. The first-order valence-electron chi connectivity index (χ1n) is 8.82. The zero-order chi connectivity index (χ0) is 18.1. The van der Waals surface area contributed by atoms with Crippen molar-refractivity contribution in [3.8, 4) is 16.9 Å². The number of piperazine rings is 1. The van der Waals surface area contributed by atoms with Gasteiger partial charge in [0.25, 0.3) is 0 Å². The highest BCUT2D eigenvalue weighted by atomic mass is 19.1. The molecular formula is C21H22FN3O. The Hall–Kier alpha value is -2.66. The second-order valence-corrected chi connectivity index (χ2v) is 6.68. The van der Waals surface area contributed by atoms with Crippen molar-refractivity contribution >= 4 is 16.6 Å². The highest BCUT2D eigenvalue weighted by Crippen LogP contribution is 2.34. The number of hydrogen-bond acceptors (Lipinski definition) is 4. The molecular weight excluding hydrogens is 329 g/mol. The van der Waals surface area contributed by atoms with Crippen LogP contribution in [0, 0.1) is 5.82 Å². The SMILES string of the molecule is COc1ccc(-c2cnc(N3CCN(C)CC3)c3ccccc23)cc1F. The van der Waals surface area contributed by atoms with Gasteiger partial charge in [0, 0.05) is 43.3 Å². The molecule has 26 heavy (non-hydrogen) atoms. The molecule has 0 amide bonds. The number of anilines is 1. The number of benzene rings is 2. The molecule has 0 spiro atoms. The molecule has 0 saturated carbocycles. The van der Waals surface area contributed by atoms with Crippen LogP contribution in [0.2, 0.25) is 0 Å². The number of likely N-dealkylation sites (N-methyl/N-ethyl adjacent to an activating group) is 1.